The van der Waals surface area contributed by atoms with Gasteiger partial charge in [0.25, 0.3) is 0 Å². The van der Waals surface area contributed by atoms with Crippen LogP contribution in [-0.2, 0) is 9.47 Å². The Balaban J connectivity index is 1.76. The number of ether oxygens (including phenoxy) is 2. The van der Waals surface area contributed by atoms with Gasteiger partial charge in [0.15, 0.2) is 0 Å². The number of hydrogen-bond acceptors (Lipinski definition) is 4. The highest BCUT2D eigenvalue weighted by molar-refractivity contribution is 5.67. The molecule has 0 aromatic carbocycles. The van der Waals surface area contributed by atoms with Gasteiger partial charge in [-0.25, -0.2) is 4.79 Å². The van der Waals surface area contributed by atoms with Crippen LogP contribution < -0.4 is 11.1 Å². The summed E-state index contributed by atoms with van der Waals surface area (Å²) in [5.74, 6) is 0. The van der Waals surface area contributed by atoms with Crippen LogP contribution in [0.2, 0.25) is 0 Å². The predicted octanol–water partition coefficient (Wildman–Crippen LogP) is 1.02. The van der Waals surface area contributed by atoms with Gasteiger partial charge >= 0.3 is 6.09 Å². The van der Waals surface area contributed by atoms with Gasteiger partial charge in [-0.1, -0.05) is 0 Å². The summed E-state index contributed by atoms with van der Waals surface area (Å²) in [4.78, 5) is 11.5. The zero-order chi connectivity index (χ0) is 12.7. The lowest BCUT2D eigenvalue weighted by Crippen LogP contribution is -2.54. The van der Waals surface area contributed by atoms with E-state index in [0.717, 1.165) is 19.4 Å². The summed E-state index contributed by atoms with van der Waals surface area (Å²) in [5, 5.41) is 2.77. The molecule has 2 aliphatic heterocycles. The van der Waals surface area contributed by atoms with Gasteiger partial charge in [0.2, 0.25) is 0 Å². The maximum atomic E-state index is 11.5. The van der Waals surface area contributed by atoms with E-state index in [2.05, 4.69) is 5.32 Å². The van der Waals surface area contributed by atoms with E-state index in [9.17, 15) is 4.79 Å². The van der Waals surface area contributed by atoms with Crippen molar-refractivity contribution in [2.45, 2.75) is 44.8 Å². The van der Waals surface area contributed by atoms with E-state index in [4.69, 9.17) is 15.2 Å². The largest absolute Gasteiger partial charge is 0.444 e. The third-order valence-electron chi connectivity index (χ3n) is 3.47. The molecule has 5 nitrogen and oxygen atoms in total. The van der Waals surface area contributed by atoms with Gasteiger partial charge < -0.3 is 20.5 Å². The van der Waals surface area contributed by atoms with Gasteiger partial charge in [-0.2, -0.15) is 0 Å². The fraction of sp³-hybridized carbons (Fsp3) is 0.917. The van der Waals surface area contributed by atoms with E-state index < -0.39 is 5.60 Å². The average Bonchev–Trinajstić information content (AvgIpc) is 2.67. The number of rotatable bonds is 3. The first-order chi connectivity index (χ1) is 7.78. The second-order valence-electron chi connectivity index (χ2n) is 6.38. The molecule has 3 rings (SSSR count). The van der Waals surface area contributed by atoms with Crippen LogP contribution in [0.4, 0.5) is 4.79 Å². The van der Waals surface area contributed by atoms with Crippen LogP contribution >= 0.6 is 0 Å². The van der Waals surface area contributed by atoms with Crippen LogP contribution in [0.1, 0.15) is 33.6 Å². The molecule has 2 heterocycles. The molecule has 0 unspecified atom stereocenters. The second-order valence-corrected chi connectivity index (χ2v) is 6.38. The van der Waals surface area contributed by atoms with Crippen LogP contribution in [0, 0.1) is 5.41 Å². The standard InChI is InChI=1S/C12H22N2O3/c1-10(2,3)17-9(15)14-7-12-4-11(5-12,6-13)8-16-12/h4-8,13H2,1-3H3,(H,14,15). The number of amides is 1. The Morgan fingerprint density at radius 3 is 2.59 bits per heavy atom. The summed E-state index contributed by atoms with van der Waals surface area (Å²) in [6, 6.07) is 0. The molecule has 5 heteroatoms. The van der Waals surface area contributed by atoms with Crippen LogP contribution in [0.25, 0.3) is 0 Å². The van der Waals surface area contributed by atoms with Gasteiger partial charge in [-0.15, -0.1) is 0 Å². The maximum Gasteiger partial charge on any atom is 0.407 e. The summed E-state index contributed by atoms with van der Waals surface area (Å²) < 4.78 is 10.9. The van der Waals surface area contributed by atoms with Gasteiger partial charge in [0, 0.05) is 18.5 Å². The highest BCUT2D eigenvalue weighted by atomic mass is 16.6. The van der Waals surface area contributed by atoms with Crippen LogP contribution in [0.5, 0.6) is 0 Å². The van der Waals surface area contributed by atoms with Gasteiger partial charge in [0.05, 0.1) is 12.2 Å². The molecular formula is C12H22N2O3. The van der Waals surface area contributed by atoms with Crippen LogP contribution in [0.3, 0.4) is 0 Å². The van der Waals surface area contributed by atoms with Crippen molar-refractivity contribution in [2.24, 2.45) is 11.1 Å². The van der Waals surface area contributed by atoms with Crippen molar-refractivity contribution < 1.29 is 14.3 Å². The summed E-state index contributed by atoms with van der Waals surface area (Å²) in [5.41, 5.74) is 5.24. The lowest BCUT2D eigenvalue weighted by atomic mass is 9.62. The number of hydrogen-bond donors (Lipinski definition) is 2. The minimum absolute atomic E-state index is 0.176. The molecule has 1 saturated carbocycles. The smallest absolute Gasteiger partial charge is 0.407 e. The molecule has 3 N–H and O–H groups in total. The van der Waals surface area contributed by atoms with Crippen LogP contribution in [-0.4, -0.2) is 37.0 Å². The van der Waals surface area contributed by atoms with E-state index in [-0.39, 0.29) is 17.1 Å². The van der Waals surface area contributed by atoms with Crippen molar-refractivity contribution in [2.75, 3.05) is 19.7 Å². The maximum absolute atomic E-state index is 11.5. The summed E-state index contributed by atoms with van der Waals surface area (Å²) in [6.45, 7) is 7.45. The molecule has 0 radical (unpaired) electrons. The molecule has 17 heavy (non-hydrogen) atoms. The fourth-order valence-electron chi connectivity index (χ4n) is 2.75. The average molecular weight is 242 g/mol. The van der Waals surface area contributed by atoms with Crippen molar-refractivity contribution in [1.29, 1.82) is 0 Å². The molecule has 0 aromatic rings. The third kappa shape index (κ3) is 2.55. The fourth-order valence-corrected chi connectivity index (χ4v) is 2.75. The Kier molecular flexibility index (Phi) is 2.86. The van der Waals surface area contributed by atoms with Crippen molar-refractivity contribution in [3.8, 4) is 0 Å². The lowest BCUT2D eigenvalue weighted by molar-refractivity contribution is -0.0159. The Hall–Kier alpha value is -0.810. The molecule has 0 aromatic heterocycles. The Labute approximate surface area is 102 Å². The molecule has 1 amide bonds. The van der Waals surface area contributed by atoms with Crippen molar-refractivity contribution in [1.82, 2.24) is 5.32 Å². The first kappa shape index (κ1) is 12.6. The molecule has 0 atom stereocenters. The van der Waals surface area contributed by atoms with Gasteiger partial charge in [-0.05, 0) is 33.6 Å². The monoisotopic (exact) mass is 242 g/mol. The Bertz CT molecular complexity index is 316. The van der Waals surface area contributed by atoms with Crippen molar-refractivity contribution in [3.63, 3.8) is 0 Å². The molecule has 3 aliphatic rings. The number of carbonyl (C=O) groups excluding carboxylic acids is 1. The van der Waals surface area contributed by atoms with E-state index in [0.29, 0.717) is 13.1 Å². The quantitative estimate of drug-likeness (QED) is 0.775. The number of nitrogens with one attached hydrogen (secondary N) is 1. The number of carbonyl (C=O) groups is 1. The molecule has 98 valence electrons. The van der Waals surface area contributed by atoms with E-state index in [1.54, 1.807) is 0 Å². The number of fused-ring (bicyclic) bond motifs is 1. The number of nitrogens with two attached hydrogens (primary N) is 1. The molecule has 0 spiro atoms. The first-order valence-corrected chi connectivity index (χ1v) is 6.09. The van der Waals surface area contributed by atoms with Gasteiger partial charge in [0.1, 0.15) is 5.60 Å². The molecular weight excluding hydrogens is 220 g/mol. The van der Waals surface area contributed by atoms with Crippen molar-refractivity contribution in [3.05, 3.63) is 0 Å². The SMILES string of the molecule is CC(C)(C)OC(=O)NCC12CC(CN)(CO1)C2. The summed E-state index contributed by atoms with van der Waals surface area (Å²) >= 11 is 0. The van der Waals surface area contributed by atoms with E-state index in [1.165, 1.54) is 0 Å². The topological polar surface area (TPSA) is 73.6 Å². The third-order valence-corrected chi connectivity index (χ3v) is 3.47. The highest BCUT2D eigenvalue weighted by Crippen LogP contribution is 2.56. The van der Waals surface area contributed by atoms with Crippen LogP contribution in [0.15, 0.2) is 0 Å². The second kappa shape index (κ2) is 3.85. The number of alkyl carbamates (subject to hydrolysis) is 1. The molecule has 3 fully saturated rings. The highest BCUT2D eigenvalue weighted by Gasteiger charge is 2.61. The normalized spacial score (nSPS) is 35.3. The minimum Gasteiger partial charge on any atom is -0.444 e. The zero-order valence-electron chi connectivity index (χ0n) is 10.8. The molecule has 2 bridgehead atoms. The minimum atomic E-state index is -0.459. The summed E-state index contributed by atoms with van der Waals surface area (Å²) in [7, 11) is 0. The summed E-state index contributed by atoms with van der Waals surface area (Å²) in [6.07, 6.45) is 1.52. The Morgan fingerprint density at radius 1 is 1.47 bits per heavy atom. The zero-order valence-corrected chi connectivity index (χ0v) is 10.8. The van der Waals surface area contributed by atoms with Crippen molar-refractivity contribution >= 4 is 6.09 Å². The molecule has 1 aliphatic carbocycles. The van der Waals surface area contributed by atoms with E-state index in [1.807, 2.05) is 20.8 Å². The predicted molar refractivity (Wildman–Crippen MR) is 63.6 cm³/mol. The Morgan fingerprint density at radius 2 is 2.12 bits per heavy atom. The van der Waals surface area contributed by atoms with Gasteiger partial charge in [-0.3, -0.25) is 0 Å². The molecule has 2 saturated heterocycles. The van der Waals surface area contributed by atoms with E-state index >= 15 is 0 Å². The lowest BCUT2D eigenvalue weighted by Gasteiger charge is -2.43. The first-order valence-electron chi connectivity index (χ1n) is 6.09.